The van der Waals surface area contributed by atoms with Crippen LogP contribution >= 0.6 is 0 Å². The summed E-state index contributed by atoms with van der Waals surface area (Å²) in [5.74, 6) is 0. The molecule has 0 heterocycles. The Morgan fingerprint density at radius 2 is 1.71 bits per heavy atom. The summed E-state index contributed by atoms with van der Waals surface area (Å²) in [6.07, 6.45) is 10.8. The van der Waals surface area contributed by atoms with Gasteiger partial charge < -0.3 is 10.4 Å². The van der Waals surface area contributed by atoms with Gasteiger partial charge in [-0.2, -0.15) is 0 Å². The maximum Gasteiger partial charge on any atom is 0.0499 e. The van der Waals surface area contributed by atoms with Crippen molar-refractivity contribution in [3.63, 3.8) is 0 Å². The minimum atomic E-state index is 0.284. The summed E-state index contributed by atoms with van der Waals surface area (Å²) in [6, 6.07) is 0.738. The molecule has 82 valence electrons. The SMILES string of the molecule is OCC1(CNC2CCCCCC2)CC1. The molecule has 2 saturated carbocycles. The molecule has 0 radical (unpaired) electrons. The van der Waals surface area contributed by atoms with Crippen LogP contribution < -0.4 is 5.32 Å². The predicted octanol–water partition coefficient (Wildman–Crippen LogP) is 2.07. The first-order valence-corrected chi connectivity index (χ1v) is 6.19. The van der Waals surface area contributed by atoms with Crippen LogP contribution in [0.2, 0.25) is 0 Å². The van der Waals surface area contributed by atoms with Crippen LogP contribution in [0.15, 0.2) is 0 Å². The third-order valence-electron chi connectivity index (χ3n) is 3.91. The summed E-state index contributed by atoms with van der Waals surface area (Å²) in [4.78, 5) is 0. The van der Waals surface area contributed by atoms with Crippen LogP contribution in [0, 0.1) is 5.41 Å². The van der Waals surface area contributed by atoms with E-state index in [9.17, 15) is 5.11 Å². The topological polar surface area (TPSA) is 32.3 Å². The van der Waals surface area contributed by atoms with Crippen molar-refractivity contribution in [3.8, 4) is 0 Å². The summed E-state index contributed by atoms with van der Waals surface area (Å²) in [5, 5.41) is 12.9. The largest absolute Gasteiger partial charge is 0.396 e. The number of aliphatic hydroxyl groups is 1. The minimum absolute atomic E-state index is 0.284. The molecule has 2 fully saturated rings. The second-order valence-electron chi connectivity index (χ2n) is 5.23. The van der Waals surface area contributed by atoms with Gasteiger partial charge >= 0.3 is 0 Å². The molecular formula is C12H23NO. The average Bonchev–Trinajstić information content (AvgIpc) is 3.01. The number of nitrogens with one attached hydrogen (secondary N) is 1. The molecule has 0 atom stereocenters. The van der Waals surface area contributed by atoms with Gasteiger partial charge in [0.2, 0.25) is 0 Å². The smallest absolute Gasteiger partial charge is 0.0499 e. The predicted molar refractivity (Wildman–Crippen MR) is 58.2 cm³/mol. The van der Waals surface area contributed by atoms with E-state index in [0.717, 1.165) is 12.6 Å². The molecule has 0 aliphatic heterocycles. The van der Waals surface area contributed by atoms with E-state index in [4.69, 9.17) is 0 Å². The van der Waals surface area contributed by atoms with Crippen LogP contribution in [0.25, 0.3) is 0 Å². The lowest BCUT2D eigenvalue weighted by Crippen LogP contribution is -2.35. The summed E-state index contributed by atoms with van der Waals surface area (Å²) >= 11 is 0. The van der Waals surface area contributed by atoms with Gasteiger partial charge in [-0.15, -0.1) is 0 Å². The van der Waals surface area contributed by atoms with Gasteiger partial charge in [-0.25, -0.2) is 0 Å². The molecule has 2 heteroatoms. The van der Waals surface area contributed by atoms with Crippen LogP contribution in [0.3, 0.4) is 0 Å². The quantitative estimate of drug-likeness (QED) is 0.676. The van der Waals surface area contributed by atoms with Crippen molar-refractivity contribution in [2.75, 3.05) is 13.2 Å². The maximum atomic E-state index is 9.20. The van der Waals surface area contributed by atoms with Gasteiger partial charge in [0.25, 0.3) is 0 Å². The Morgan fingerprint density at radius 3 is 2.21 bits per heavy atom. The lowest BCUT2D eigenvalue weighted by atomic mass is 10.1. The van der Waals surface area contributed by atoms with Gasteiger partial charge in [-0.3, -0.25) is 0 Å². The van der Waals surface area contributed by atoms with E-state index in [1.54, 1.807) is 0 Å². The first-order chi connectivity index (χ1) is 6.85. The van der Waals surface area contributed by atoms with Crippen molar-refractivity contribution in [1.29, 1.82) is 0 Å². The summed E-state index contributed by atoms with van der Waals surface area (Å²) in [6.45, 7) is 1.43. The molecule has 0 amide bonds. The standard InChI is InChI=1S/C12H23NO/c14-10-12(7-8-12)9-13-11-5-3-1-2-4-6-11/h11,13-14H,1-10H2. The first-order valence-electron chi connectivity index (χ1n) is 6.19. The van der Waals surface area contributed by atoms with Gasteiger partial charge in [-0.05, 0) is 25.7 Å². The van der Waals surface area contributed by atoms with Gasteiger partial charge in [0.15, 0.2) is 0 Å². The van der Waals surface area contributed by atoms with E-state index < -0.39 is 0 Å². The molecule has 0 aromatic rings. The van der Waals surface area contributed by atoms with Gasteiger partial charge in [0, 0.05) is 24.6 Å². The zero-order valence-electron chi connectivity index (χ0n) is 9.10. The summed E-state index contributed by atoms with van der Waals surface area (Å²) in [7, 11) is 0. The lowest BCUT2D eigenvalue weighted by Gasteiger charge is -2.20. The molecule has 0 bridgehead atoms. The van der Waals surface area contributed by atoms with Crippen LogP contribution in [-0.4, -0.2) is 24.3 Å². The molecule has 2 rings (SSSR count). The first kappa shape index (κ1) is 10.4. The Hall–Kier alpha value is -0.0800. The highest BCUT2D eigenvalue weighted by Gasteiger charge is 2.41. The van der Waals surface area contributed by atoms with E-state index in [1.807, 2.05) is 0 Å². The van der Waals surface area contributed by atoms with Gasteiger partial charge in [0.05, 0.1) is 0 Å². The van der Waals surface area contributed by atoms with Crippen LogP contribution in [-0.2, 0) is 0 Å². The lowest BCUT2D eigenvalue weighted by molar-refractivity contribution is 0.202. The second kappa shape index (κ2) is 4.63. The highest BCUT2D eigenvalue weighted by Crippen LogP contribution is 2.44. The summed E-state index contributed by atoms with van der Waals surface area (Å²) in [5.41, 5.74) is 0.284. The van der Waals surface area contributed by atoms with Crippen molar-refractivity contribution in [3.05, 3.63) is 0 Å². The molecule has 0 spiro atoms. The Labute approximate surface area is 87.1 Å². The fourth-order valence-corrected chi connectivity index (χ4v) is 2.41. The zero-order valence-corrected chi connectivity index (χ0v) is 9.10. The minimum Gasteiger partial charge on any atom is -0.396 e. The van der Waals surface area contributed by atoms with Crippen molar-refractivity contribution < 1.29 is 5.11 Å². The average molecular weight is 197 g/mol. The number of aliphatic hydroxyl groups excluding tert-OH is 1. The number of hydrogen-bond donors (Lipinski definition) is 2. The molecule has 2 N–H and O–H groups in total. The molecule has 2 nitrogen and oxygen atoms in total. The van der Waals surface area contributed by atoms with E-state index in [1.165, 1.54) is 51.4 Å². The molecule has 0 aromatic heterocycles. The number of rotatable bonds is 4. The fraction of sp³-hybridized carbons (Fsp3) is 1.00. The highest BCUT2D eigenvalue weighted by molar-refractivity contribution is 4.95. The Morgan fingerprint density at radius 1 is 1.07 bits per heavy atom. The molecular weight excluding hydrogens is 174 g/mol. The van der Waals surface area contributed by atoms with E-state index in [2.05, 4.69) is 5.32 Å². The molecule has 14 heavy (non-hydrogen) atoms. The van der Waals surface area contributed by atoms with Crippen LogP contribution in [0.5, 0.6) is 0 Å². The zero-order chi connectivity index (χ0) is 9.86. The Bertz CT molecular complexity index is 169. The van der Waals surface area contributed by atoms with E-state index in [-0.39, 0.29) is 5.41 Å². The molecule has 2 aliphatic carbocycles. The third-order valence-corrected chi connectivity index (χ3v) is 3.91. The third kappa shape index (κ3) is 2.71. The number of hydrogen-bond acceptors (Lipinski definition) is 2. The molecule has 0 saturated heterocycles. The Kier molecular flexibility index (Phi) is 3.45. The van der Waals surface area contributed by atoms with Crippen LogP contribution in [0.1, 0.15) is 51.4 Å². The normalized spacial score (nSPS) is 27.2. The molecule has 0 unspecified atom stereocenters. The molecule has 2 aliphatic rings. The van der Waals surface area contributed by atoms with Crippen molar-refractivity contribution in [2.45, 2.75) is 57.4 Å². The fourth-order valence-electron chi connectivity index (χ4n) is 2.41. The van der Waals surface area contributed by atoms with Crippen LogP contribution in [0.4, 0.5) is 0 Å². The highest BCUT2D eigenvalue weighted by atomic mass is 16.3. The Balaban J connectivity index is 1.68. The molecule has 0 aromatic carbocycles. The second-order valence-corrected chi connectivity index (χ2v) is 5.23. The van der Waals surface area contributed by atoms with E-state index in [0.29, 0.717) is 6.61 Å². The monoisotopic (exact) mass is 197 g/mol. The summed E-state index contributed by atoms with van der Waals surface area (Å²) < 4.78 is 0. The van der Waals surface area contributed by atoms with Crippen molar-refractivity contribution in [2.24, 2.45) is 5.41 Å². The maximum absolute atomic E-state index is 9.20. The van der Waals surface area contributed by atoms with Gasteiger partial charge in [-0.1, -0.05) is 25.7 Å². The van der Waals surface area contributed by atoms with E-state index >= 15 is 0 Å². The van der Waals surface area contributed by atoms with Crippen molar-refractivity contribution >= 4 is 0 Å². The van der Waals surface area contributed by atoms with Crippen molar-refractivity contribution in [1.82, 2.24) is 5.32 Å². The van der Waals surface area contributed by atoms with Gasteiger partial charge in [0.1, 0.15) is 0 Å².